The van der Waals surface area contributed by atoms with Crippen molar-refractivity contribution in [2.75, 3.05) is 36.8 Å². The lowest BCUT2D eigenvalue weighted by molar-refractivity contribution is 0.218. The van der Waals surface area contributed by atoms with Gasteiger partial charge in [0.15, 0.2) is 0 Å². The van der Waals surface area contributed by atoms with Gasteiger partial charge < -0.3 is 20.1 Å². The molecule has 2 N–H and O–H groups in total. The predicted molar refractivity (Wildman–Crippen MR) is 141 cm³/mol. The third-order valence-electron chi connectivity index (χ3n) is 6.51. The first kappa shape index (κ1) is 23.6. The number of rotatable bonds is 9. The van der Waals surface area contributed by atoms with E-state index in [0.29, 0.717) is 17.6 Å². The van der Waals surface area contributed by atoms with E-state index in [1.54, 1.807) is 6.20 Å². The van der Waals surface area contributed by atoms with E-state index >= 15 is 0 Å². The Hall–Kier alpha value is -3.16. The normalized spacial score (nSPS) is 14.9. The summed E-state index contributed by atoms with van der Waals surface area (Å²) in [7, 11) is 0. The van der Waals surface area contributed by atoms with E-state index in [0.717, 1.165) is 73.8 Å². The number of nitrogens with zero attached hydrogens (tertiary/aromatic N) is 4. The van der Waals surface area contributed by atoms with Crippen LogP contribution in [0.1, 0.15) is 24.8 Å². The first-order chi connectivity index (χ1) is 17.1. The summed E-state index contributed by atoms with van der Waals surface area (Å²) in [6, 6.07) is 19.0. The van der Waals surface area contributed by atoms with Crippen molar-refractivity contribution >= 4 is 34.4 Å². The lowest BCUT2D eigenvalue weighted by Gasteiger charge is -2.32. The van der Waals surface area contributed by atoms with Gasteiger partial charge in [-0.1, -0.05) is 35.9 Å². The van der Waals surface area contributed by atoms with Gasteiger partial charge in [-0.25, -0.2) is 14.4 Å². The van der Waals surface area contributed by atoms with Crippen LogP contribution in [0.5, 0.6) is 0 Å². The van der Waals surface area contributed by atoms with Gasteiger partial charge in [0.2, 0.25) is 5.95 Å². The van der Waals surface area contributed by atoms with Gasteiger partial charge in [0.05, 0.1) is 22.6 Å². The number of pyridine rings is 1. The number of likely N-dealkylation sites (tertiary alicyclic amines) is 1. The molecule has 2 aromatic carbocycles. The molecule has 6 nitrogen and oxygen atoms in total. The third-order valence-corrected chi connectivity index (χ3v) is 6.74. The van der Waals surface area contributed by atoms with Gasteiger partial charge in [-0.2, -0.15) is 0 Å². The Balaban J connectivity index is 1.14. The maximum atomic E-state index is 13.4. The average molecular weight is 493 g/mol. The number of anilines is 2. The molecule has 1 fully saturated rings. The van der Waals surface area contributed by atoms with E-state index in [-0.39, 0.29) is 5.82 Å². The van der Waals surface area contributed by atoms with Crippen LogP contribution in [-0.4, -0.2) is 51.7 Å². The highest BCUT2D eigenvalue weighted by Gasteiger charge is 2.21. The standard InChI is InChI=1S/C27H30ClFN6/c28-21-8-11-26(31-18-21)30-14-3-15-34-16-12-23(13-17-34)32-27-33-24-4-1-2-5-25(24)35(27)19-20-6-9-22(29)10-7-20/h1-2,4-11,18,23H,3,12-17,19H2,(H,30,31)(H,32,33). The number of aromatic nitrogens is 3. The zero-order valence-corrected chi connectivity index (χ0v) is 20.4. The number of hydrogen-bond acceptors (Lipinski definition) is 5. The van der Waals surface area contributed by atoms with Crippen molar-refractivity contribution in [3.05, 3.63) is 83.3 Å². The summed E-state index contributed by atoms with van der Waals surface area (Å²) in [6.07, 6.45) is 4.88. The van der Waals surface area contributed by atoms with Gasteiger partial charge in [-0.05, 0) is 67.8 Å². The average Bonchev–Trinajstić information content (AvgIpc) is 3.22. The summed E-state index contributed by atoms with van der Waals surface area (Å²) in [5.74, 6) is 1.53. The van der Waals surface area contributed by atoms with Gasteiger partial charge in [0.1, 0.15) is 11.6 Å². The molecule has 182 valence electrons. The topological polar surface area (TPSA) is 58.0 Å². The molecule has 0 spiro atoms. The quantitative estimate of drug-likeness (QED) is 0.296. The molecule has 1 aliphatic heterocycles. The van der Waals surface area contributed by atoms with Crippen molar-refractivity contribution in [3.63, 3.8) is 0 Å². The number of nitrogens with one attached hydrogen (secondary N) is 2. The van der Waals surface area contributed by atoms with E-state index in [1.807, 2.05) is 42.5 Å². The summed E-state index contributed by atoms with van der Waals surface area (Å²) >= 11 is 5.89. The minimum atomic E-state index is -0.216. The smallest absolute Gasteiger partial charge is 0.204 e. The molecule has 2 aromatic heterocycles. The Bertz CT molecular complexity index is 1230. The molecule has 8 heteroatoms. The van der Waals surface area contributed by atoms with Crippen molar-refractivity contribution in [2.24, 2.45) is 0 Å². The van der Waals surface area contributed by atoms with Gasteiger partial charge in [0, 0.05) is 31.9 Å². The Labute approximate surface area is 210 Å². The molecular weight excluding hydrogens is 463 g/mol. The van der Waals surface area contributed by atoms with E-state index in [4.69, 9.17) is 16.6 Å². The Morgan fingerprint density at radius 1 is 1.00 bits per heavy atom. The number of halogens is 2. The molecule has 0 atom stereocenters. The summed E-state index contributed by atoms with van der Waals surface area (Å²) in [5.41, 5.74) is 3.10. The molecule has 1 aliphatic rings. The molecule has 0 bridgehead atoms. The first-order valence-electron chi connectivity index (χ1n) is 12.2. The van der Waals surface area contributed by atoms with Crippen molar-refractivity contribution < 1.29 is 4.39 Å². The molecule has 5 rings (SSSR count). The van der Waals surface area contributed by atoms with Crippen molar-refractivity contribution in [1.29, 1.82) is 0 Å². The van der Waals surface area contributed by atoms with Gasteiger partial charge in [-0.3, -0.25) is 0 Å². The second-order valence-electron chi connectivity index (χ2n) is 9.04. The third kappa shape index (κ3) is 6.10. The van der Waals surface area contributed by atoms with Crippen LogP contribution in [0.4, 0.5) is 16.2 Å². The minimum Gasteiger partial charge on any atom is -0.370 e. The van der Waals surface area contributed by atoms with Crippen LogP contribution in [0.25, 0.3) is 11.0 Å². The Kier molecular flexibility index (Phi) is 7.45. The molecule has 35 heavy (non-hydrogen) atoms. The SMILES string of the molecule is Fc1ccc(Cn2c(NC3CCN(CCCNc4ccc(Cl)cn4)CC3)nc3ccccc32)cc1. The molecular formula is C27H30ClFN6. The lowest BCUT2D eigenvalue weighted by atomic mass is 10.1. The number of imidazole rings is 1. The number of piperidine rings is 1. The monoisotopic (exact) mass is 492 g/mol. The molecule has 3 heterocycles. The summed E-state index contributed by atoms with van der Waals surface area (Å²) in [5, 5.41) is 7.71. The molecule has 0 radical (unpaired) electrons. The molecule has 4 aromatic rings. The van der Waals surface area contributed by atoms with Gasteiger partial charge in [0.25, 0.3) is 0 Å². The minimum absolute atomic E-state index is 0.216. The number of fused-ring (bicyclic) bond motifs is 1. The molecule has 0 aliphatic carbocycles. The van der Waals surface area contributed by atoms with E-state index in [1.165, 1.54) is 12.1 Å². The van der Waals surface area contributed by atoms with Crippen LogP contribution in [0.2, 0.25) is 5.02 Å². The van der Waals surface area contributed by atoms with E-state index in [2.05, 4.69) is 31.2 Å². The fourth-order valence-electron chi connectivity index (χ4n) is 4.60. The molecule has 0 saturated carbocycles. The summed E-state index contributed by atoms with van der Waals surface area (Å²) < 4.78 is 15.6. The number of para-hydroxylation sites is 2. The Morgan fingerprint density at radius 2 is 1.80 bits per heavy atom. The highest BCUT2D eigenvalue weighted by molar-refractivity contribution is 6.30. The van der Waals surface area contributed by atoms with Crippen LogP contribution in [0, 0.1) is 5.82 Å². The zero-order valence-electron chi connectivity index (χ0n) is 19.6. The van der Waals surface area contributed by atoms with Crippen LogP contribution in [0.15, 0.2) is 66.9 Å². The van der Waals surface area contributed by atoms with Crippen LogP contribution in [0.3, 0.4) is 0 Å². The molecule has 0 unspecified atom stereocenters. The fourth-order valence-corrected chi connectivity index (χ4v) is 4.71. The molecule has 0 amide bonds. The molecule has 1 saturated heterocycles. The van der Waals surface area contributed by atoms with Crippen LogP contribution in [-0.2, 0) is 6.54 Å². The summed E-state index contributed by atoms with van der Waals surface area (Å²) in [6.45, 7) is 4.73. The van der Waals surface area contributed by atoms with Crippen molar-refractivity contribution in [3.8, 4) is 0 Å². The fraction of sp³-hybridized carbons (Fsp3) is 0.333. The Morgan fingerprint density at radius 3 is 2.57 bits per heavy atom. The number of benzene rings is 2. The highest BCUT2D eigenvalue weighted by atomic mass is 35.5. The highest BCUT2D eigenvalue weighted by Crippen LogP contribution is 2.24. The van der Waals surface area contributed by atoms with Crippen LogP contribution >= 0.6 is 11.6 Å². The maximum Gasteiger partial charge on any atom is 0.204 e. The first-order valence-corrected chi connectivity index (χ1v) is 12.6. The van der Waals surface area contributed by atoms with Crippen molar-refractivity contribution in [2.45, 2.75) is 31.8 Å². The summed E-state index contributed by atoms with van der Waals surface area (Å²) in [4.78, 5) is 11.7. The number of hydrogen-bond donors (Lipinski definition) is 2. The van der Waals surface area contributed by atoms with E-state index < -0.39 is 0 Å². The van der Waals surface area contributed by atoms with E-state index in [9.17, 15) is 4.39 Å². The van der Waals surface area contributed by atoms with Gasteiger partial charge in [-0.15, -0.1) is 0 Å². The van der Waals surface area contributed by atoms with Gasteiger partial charge >= 0.3 is 0 Å². The van der Waals surface area contributed by atoms with Crippen molar-refractivity contribution in [1.82, 2.24) is 19.4 Å². The largest absolute Gasteiger partial charge is 0.370 e. The maximum absolute atomic E-state index is 13.4. The second-order valence-corrected chi connectivity index (χ2v) is 9.48. The zero-order chi connectivity index (χ0) is 24.0. The van der Waals surface area contributed by atoms with Crippen LogP contribution < -0.4 is 10.6 Å². The second kappa shape index (κ2) is 11.1. The lowest BCUT2D eigenvalue weighted by Crippen LogP contribution is -2.40. The predicted octanol–water partition coefficient (Wildman–Crippen LogP) is 5.65.